The molecule has 112 valence electrons. The second-order valence-electron chi connectivity index (χ2n) is 6.77. The molecule has 1 saturated heterocycles. The van der Waals surface area contributed by atoms with Crippen molar-refractivity contribution in [2.45, 2.75) is 51.1 Å². The molecule has 1 aliphatic rings. The van der Waals surface area contributed by atoms with Crippen LogP contribution in [0.4, 0.5) is 0 Å². The van der Waals surface area contributed by atoms with Gasteiger partial charge in [-0.15, -0.1) is 0 Å². The van der Waals surface area contributed by atoms with Gasteiger partial charge in [0.15, 0.2) is 0 Å². The third-order valence-electron chi connectivity index (χ3n) is 4.99. The largest absolute Gasteiger partial charge is 0.302 e. The van der Waals surface area contributed by atoms with E-state index in [1.54, 1.807) is 0 Å². The monoisotopic (exact) mass is 274 g/mol. The molecule has 0 radical (unpaired) electrons. The van der Waals surface area contributed by atoms with Gasteiger partial charge in [0.1, 0.15) is 0 Å². The molecule has 0 N–H and O–H groups in total. The van der Waals surface area contributed by atoms with Crippen molar-refractivity contribution in [3.05, 3.63) is 35.9 Å². The third-order valence-corrected chi connectivity index (χ3v) is 4.99. The van der Waals surface area contributed by atoms with E-state index in [9.17, 15) is 0 Å². The highest BCUT2D eigenvalue weighted by atomic mass is 15.2. The molecule has 20 heavy (non-hydrogen) atoms. The summed E-state index contributed by atoms with van der Waals surface area (Å²) in [5.74, 6) is 0. The van der Waals surface area contributed by atoms with Crippen molar-refractivity contribution in [2.75, 3.05) is 27.2 Å². The van der Waals surface area contributed by atoms with Crippen molar-refractivity contribution in [2.24, 2.45) is 0 Å². The van der Waals surface area contributed by atoms with Crippen LogP contribution in [0.25, 0.3) is 0 Å². The van der Waals surface area contributed by atoms with E-state index in [4.69, 9.17) is 0 Å². The highest BCUT2D eigenvalue weighted by Crippen LogP contribution is 2.31. The number of hydrogen-bond acceptors (Lipinski definition) is 2. The van der Waals surface area contributed by atoms with Gasteiger partial charge < -0.3 is 4.90 Å². The van der Waals surface area contributed by atoms with Crippen LogP contribution < -0.4 is 0 Å². The SMILES string of the molecule is CC(C)N1CCC[C@](CCc2ccccc2)(N(C)C)C1. The molecule has 0 unspecified atom stereocenters. The summed E-state index contributed by atoms with van der Waals surface area (Å²) in [6, 6.07) is 11.6. The molecule has 1 aliphatic heterocycles. The predicted molar refractivity (Wildman–Crippen MR) is 87.1 cm³/mol. The molecule has 0 aromatic heterocycles. The fourth-order valence-electron chi connectivity index (χ4n) is 3.40. The maximum absolute atomic E-state index is 2.65. The van der Waals surface area contributed by atoms with Crippen molar-refractivity contribution in [3.63, 3.8) is 0 Å². The lowest BCUT2D eigenvalue weighted by Crippen LogP contribution is -2.57. The summed E-state index contributed by atoms with van der Waals surface area (Å²) < 4.78 is 0. The molecule has 2 heteroatoms. The average molecular weight is 274 g/mol. The lowest BCUT2D eigenvalue weighted by Gasteiger charge is -2.48. The minimum absolute atomic E-state index is 0.346. The summed E-state index contributed by atoms with van der Waals surface area (Å²) in [7, 11) is 4.52. The first-order chi connectivity index (χ1) is 9.53. The van der Waals surface area contributed by atoms with Gasteiger partial charge in [-0.1, -0.05) is 30.3 Å². The summed E-state index contributed by atoms with van der Waals surface area (Å²) in [6.07, 6.45) is 5.10. The zero-order valence-electron chi connectivity index (χ0n) is 13.6. The van der Waals surface area contributed by atoms with Gasteiger partial charge in [-0.3, -0.25) is 4.90 Å². The Morgan fingerprint density at radius 1 is 1.20 bits per heavy atom. The molecule has 1 aromatic rings. The number of likely N-dealkylation sites (N-methyl/N-ethyl adjacent to an activating group) is 1. The van der Waals surface area contributed by atoms with E-state index in [-0.39, 0.29) is 0 Å². The Labute approximate surface area is 124 Å². The van der Waals surface area contributed by atoms with Crippen molar-refractivity contribution >= 4 is 0 Å². The van der Waals surface area contributed by atoms with Gasteiger partial charge in [0.05, 0.1) is 0 Å². The normalized spacial score (nSPS) is 24.5. The van der Waals surface area contributed by atoms with Gasteiger partial charge in [-0.2, -0.15) is 0 Å². The number of piperidine rings is 1. The Hall–Kier alpha value is -0.860. The lowest BCUT2D eigenvalue weighted by atomic mass is 9.82. The Bertz CT molecular complexity index is 399. The molecular formula is C18H30N2. The van der Waals surface area contributed by atoms with Gasteiger partial charge in [-0.25, -0.2) is 0 Å². The molecular weight excluding hydrogens is 244 g/mol. The predicted octanol–water partition coefficient (Wildman–Crippen LogP) is 3.42. The number of hydrogen-bond donors (Lipinski definition) is 0. The summed E-state index contributed by atoms with van der Waals surface area (Å²) in [4.78, 5) is 5.12. The van der Waals surface area contributed by atoms with Crippen LogP contribution >= 0.6 is 0 Å². The Kier molecular flexibility index (Phi) is 5.22. The van der Waals surface area contributed by atoms with E-state index in [2.05, 4.69) is 68.1 Å². The summed E-state index contributed by atoms with van der Waals surface area (Å²) in [5, 5.41) is 0. The van der Waals surface area contributed by atoms with Crippen molar-refractivity contribution in [1.29, 1.82) is 0 Å². The standard InChI is InChI=1S/C18H30N2/c1-16(2)20-14-8-12-18(15-20,19(3)4)13-11-17-9-6-5-7-10-17/h5-7,9-10,16H,8,11-15H2,1-4H3/t18-/m1/s1. The minimum atomic E-state index is 0.346. The smallest absolute Gasteiger partial charge is 0.0334 e. The molecule has 0 saturated carbocycles. The molecule has 2 rings (SSSR count). The highest BCUT2D eigenvalue weighted by Gasteiger charge is 2.37. The van der Waals surface area contributed by atoms with E-state index in [0.29, 0.717) is 11.6 Å². The van der Waals surface area contributed by atoms with Crippen molar-refractivity contribution in [3.8, 4) is 0 Å². The maximum atomic E-state index is 2.65. The molecule has 0 aliphatic carbocycles. The van der Waals surface area contributed by atoms with Gasteiger partial charge in [0, 0.05) is 18.1 Å². The second kappa shape index (κ2) is 6.73. The van der Waals surface area contributed by atoms with Crippen LogP contribution in [0.15, 0.2) is 30.3 Å². The molecule has 1 aromatic carbocycles. The number of rotatable bonds is 5. The van der Waals surface area contributed by atoms with Crippen molar-refractivity contribution < 1.29 is 0 Å². The van der Waals surface area contributed by atoms with Crippen LogP contribution in [-0.2, 0) is 6.42 Å². The highest BCUT2D eigenvalue weighted by molar-refractivity contribution is 5.15. The maximum Gasteiger partial charge on any atom is 0.0334 e. The van der Waals surface area contributed by atoms with Gasteiger partial charge in [-0.05, 0) is 65.7 Å². The molecule has 0 spiro atoms. The summed E-state index contributed by atoms with van der Waals surface area (Å²) >= 11 is 0. The minimum Gasteiger partial charge on any atom is -0.302 e. The van der Waals surface area contributed by atoms with Crippen LogP contribution in [0.3, 0.4) is 0 Å². The Balaban J connectivity index is 2.05. The second-order valence-corrected chi connectivity index (χ2v) is 6.77. The molecule has 2 nitrogen and oxygen atoms in total. The Morgan fingerprint density at radius 2 is 1.90 bits per heavy atom. The number of likely N-dealkylation sites (tertiary alicyclic amines) is 1. The van der Waals surface area contributed by atoms with E-state index < -0.39 is 0 Å². The fraction of sp³-hybridized carbons (Fsp3) is 0.667. The number of aryl methyl sites for hydroxylation is 1. The summed E-state index contributed by atoms with van der Waals surface area (Å²) in [6.45, 7) is 7.12. The van der Waals surface area contributed by atoms with E-state index >= 15 is 0 Å². The van der Waals surface area contributed by atoms with Crippen LogP contribution in [0.1, 0.15) is 38.7 Å². The van der Waals surface area contributed by atoms with E-state index in [1.807, 2.05) is 0 Å². The first kappa shape index (κ1) is 15.5. The zero-order chi connectivity index (χ0) is 14.6. The van der Waals surface area contributed by atoms with Crippen molar-refractivity contribution in [1.82, 2.24) is 9.80 Å². The fourth-order valence-corrected chi connectivity index (χ4v) is 3.40. The molecule has 0 bridgehead atoms. The molecule has 0 amide bonds. The van der Waals surface area contributed by atoms with Crippen LogP contribution in [-0.4, -0.2) is 48.6 Å². The first-order valence-electron chi connectivity index (χ1n) is 7.99. The molecule has 1 atom stereocenters. The zero-order valence-corrected chi connectivity index (χ0v) is 13.6. The van der Waals surface area contributed by atoms with Crippen LogP contribution in [0, 0.1) is 0 Å². The van der Waals surface area contributed by atoms with Crippen LogP contribution in [0.5, 0.6) is 0 Å². The third kappa shape index (κ3) is 3.62. The summed E-state index contributed by atoms with van der Waals surface area (Å²) in [5.41, 5.74) is 1.81. The van der Waals surface area contributed by atoms with Gasteiger partial charge in [0.25, 0.3) is 0 Å². The quantitative estimate of drug-likeness (QED) is 0.812. The Morgan fingerprint density at radius 3 is 2.50 bits per heavy atom. The van der Waals surface area contributed by atoms with E-state index in [1.165, 1.54) is 44.3 Å². The van der Waals surface area contributed by atoms with E-state index in [0.717, 1.165) is 0 Å². The van der Waals surface area contributed by atoms with Gasteiger partial charge >= 0.3 is 0 Å². The number of benzene rings is 1. The average Bonchev–Trinajstić information content (AvgIpc) is 2.46. The molecule has 1 fully saturated rings. The first-order valence-corrected chi connectivity index (χ1v) is 7.99. The van der Waals surface area contributed by atoms with Crippen LogP contribution in [0.2, 0.25) is 0 Å². The lowest BCUT2D eigenvalue weighted by molar-refractivity contribution is 0.0235. The molecule has 1 heterocycles. The topological polar surface area (TPSA) is 6.48 Å². The number of nitrogens with zero attached hydrogens (tertiary/aromatic N) is 2. The van der Waals surface area contributed by atoms with Gasteiger partial charge in [0.2, 0.25) is 0 Å².